The first-order chi connectivity index (χ1) is 14.5. The minimum atomic E-state index is -0.858. The smallest absolute Gasteiger partial charge is 0.318 e. The van der Waals surface area contributed by atoms with E-state index in [4.69, 9.17) is 9.15 Å². The zero-order valence-corrected chi connectivity index (χ0v) is 17.6. The second-order valence-electron chi connectivity index (χ2n) is 8.48. The summed E-state index contributed by atoms with van der Waals surface area (Å²) in [6.45, 7) is 3.84. The van der Waals surface area contributed by atoms with Gasteiger partial charge in [-0.25, -0.2) is 0 Å². The molecule has 4 rings (SSSR count). The molecule has 1 aromatic rings. The molecule has 0 aromatic carbocycles. The molecular weight excluding hydrogens is 384 g/mol. The summed E-state index contributed by atoms with van der Waals surface area (Å²) in [4.78, 5) is 43.0. The normalized spacial score (nSPS) is 26.4. The zero-order valence-electron chi connectivity index (χ0n) is 17.6. The van der Waals surface area contributed by atoms with Gasteiger partial charge in [0.05, 0.1) is 19.4 Å². The molecule has 0 unspecified atom stereocenters. The number of hydrogen-bond acceptors (Lipinski definition) is 5. The number of amides is 2. The van der Waals surface area contributed by atoms with Gasteiger partial charge in [0.25, 0.3) is 0 Å². The van der Waals surface area contributed by atoms with Gasteiger partial charge in [-0.1, -0.05) is 6.08 Å². The van der Waals surface area contributed by atoms with Gasteiger partial charge in [-0.3, -0.25) is 14.4 Å². The molecule has 2 saturated heterocycles. The Morgan fingerprint density at radius 2 is 2.07 bits per heavy atom. The minimum absolute atomic E-state index is 0.00966. The van der Waals surface area contributed by atoms with Crippen molar-refractivity contribution in [2.24, 2.45) is 11.3 Å². The lowest BCUT2D eigenvalue weighted by atomic mass is 9.71. The highest BCUT2D eigenvalue weighted by molar-refractivity contribution is 5.92. The molecule has 3 heterocycles. The number of ether oxygens (including phenoxy) is 1. The van der Waals surface area contributed by atoms with Gasteiger partial charge in [0.2, 0.25) is 11.8 Å². The summed E-state index contributed by atoms with van der Waals surface area (Å²) in [7, 11) is 0. The maximum Gasteiger partial charge on any atom is 0.318 e. The SMILES string of the molecule is CCOC(=O)[C@]12CCC=C1N(Cc1ccco1)C(=O)[C@H](CC(=O)N1CCCCC1)C2. The summed E-state index contributed by atoms with van der Waals surface area (Å²) in [5, 5.41) is 0. The summed E-state index contributed by atoms with van der Waals surface area (Å²) in [6, 6.07) is 3.60. The topological polar surface area (TPSA) is 80.1 Å². The van der Waals surface area contributed by atoms with Crippen molar-refractivity contribution in [3.05, 3.63) is 35.9 Å². The number of rotatable bonds is 6. The third-order valence-electron chi connectivity index (χ3n) is 6.59. The fourth-order valence-electron chi connectivity index (χ4n) is 5.12. The lowest BCUT2D eigenvalue weighted by molar-refractivity contribution is -0.161. The number of nitrogens with zero attached hydrogens (tertiary/aromatic N) is 2. The number of carbonyl (C=O) groups is 3. The van der Waals surface area contributed by atoms with Crippen LogP contribution in [0.1, 0.15) is 57.6 Å². The molecule has 0 N–H and O–H groups in total. The standard InChI is InChI=1S/C23H30N2O5/c1-2-29-22(28)23-10-6-9-19(23)25(16-18-8-7-13-30-18)21(27)17(15-23)14-20(26)24-11-4-3-5-12-24/h7-9,13,17H,2-6,10-12,14-16H2,1H3/t17-,23+/m1/s1. The predicted octanol–water partition coefficient (Wildman–Crippen LogP) is 3.26. The molecule has 30 heavy (non-hydrogen) atoms. The van der Waals surface area contributed by atoms with Crippen LogP contribution in [0.5, 0.6) is 0 Å². The summed E-state index contributed by atoms with van der Waals surface area (Å²) < 4.78 is 10.9. The average Bonchev–Trinajstić information content (AvgIpc) is 3.42. The van der Waals surface area contributed by atoms with Crippen LogP contribution >= 0.6 is 0 Å². The number of hydrogen-bond donors (Lipinski definition) is 0. The molecule has 2 atom stereocenters. The van der Waals surface area contributed by atoms with Gasteiger partial charge < -0.3 is 19.0 Å². The van der Waals surface area contributed by atoms with Crippen LogP contribution in [0.2, 0.25) is 0 Å². The van der Waals surface area contributed by atoms with Crippen molar-refractivity contribution in [2.45, 2.75) is 58.4 Å². The molecule has 7 nitrogen and oxygen atoms in total. The van der Waals surface area contributed by atoms with Gasteiger partial charge in [0.15, 0.2) is 0 Å². The number of fused-ring (bicyclic) bond motifs is 1. The zero-order chi connectivity index (χ0) is 21.1. The highest BCUT2D eigenvalue weighted by Gasteiger charge is 2.55. The largest absolute Gasteiger partial charge is 0.467 e. The molecule has 7 heteroatoms. The predicted molar refractivity (Wildman–Crippen MR) is 109 cm³/mol. The van der Waals surface area contributed by atoms with E-state index in [1.807, 2.05) is 17.0 Å². The summed E-state index contributed by atoms with van der Waals surface area (Å²) >= 11 is 0. The highest BCUT2D eigenvalue weighted by atomic mass is 16.5. The van der Waals surface area contributed by atoms with Crippen molar-refractivity contribution >= 4 is 17.8 Å². The van der Waals surface area contributed by atoms with E-state index in [1.54, 1.807) is 24.2 Å². The van der Waals surface area contributed by atoms with Gasteiger partial charge in [0.1, 0.15) is 11.2 Å². The van der Waals surface area contributed by atoms with Crippen molar-refractivity contribution < 1.29 is 23.5 Å². The lowest BCUT2D eigenvalue weighted by Gasteiger charge is -2.44. The van der Waals surface area contributed by atoms with E-state index in [2.05, 4.69) is 0 Å². The molecule has 0 radical (unpaired) electrons. The maximum atomic E-state index is 13.5. The van der Waals surface area contributed by atoms with Crippen LogP contribution < -0.4 is 0 Å². The Morgan fingerprint density at radius 1 is 1.27 bits per heavy atom. The Labute approximate surface area is 177 Å². The van der Waals surface area contributed by atoms with Gasteiger partial charge >= 0.3 is 5.97 Å². The van der Waals surface area contributed by atoms with Crippen LogP contribution in [0.25, 0.3) is 0 Å². The number of esters is 1. The van der Waals surface area contributed by atoms with E-state index in [0.29, 0.717) is 30.7 Å². The third kappa shape index (κ3) is 3.77. The Balaban J connectivity index is 1.61. The number of piperidine rings is 2. The van der Waals surface area contributed by atoms with Crippen LogP contribution in [-0.2, 0) is 25.7 Å². The van der Waals surface area contributed by atoms with Crippen molar-refractivity contribution in [1.82, 2.24) is 9.80 Å². The van der Waals surface area contributed by atoms with E-state index in [1.165, 1.54) is 0 Å². The number of likely N-dealkylation sites (tertiary alicyclic amines) is 2. The summed E-state index contributed by atoms with van der Waals surface area (Å²) in [5.41, 5.74) is -0.146. The van der Waals surface area contributed by atoms with Gasteiger partial charge in [-0.05, 0) is 57.6 Å². The van der Waals surface area contributed by atoms with Gasteiger partial charge in [-0.2, -0.15) is 0 Å². The number of furan rings is 1. The van der Waals surface area contributed by atoms with E-state index in [-0.39, 0.29) is 37.4 Å². The number of allylic oxidation sites excluding steroid dienone is 1. The Bertz CT molecular complexity index is 825. The van der Waals surface area contributed by atoms with Crippen molar-refractivity contribution in [3.8, 4) is 0 Å². The van der Waals surface area contributed by atoms with Crippen molar-refractivity contribution in [3.63, 3.8) is 0 Å². The van der Waals surface area contributed by atoms with Crippen molar-refractivity contribution in [1.29, 1.82) is 0 Å². The molecule has 2 amide bonds. The average molecular weight is 415 g/mol. The fraction of sp³-hybridized carbons (Fsp3) is 0.609. The molecule has 0 saturated carbocycles. The van der Waals surface area contributed by atoms with Gasteiger partial charge in [-0.15, -0.1) is 0 Å². The van der Waals surface area contributed by atoms with Crippen LogP contribution in [0.3, 0.4) is 0 Å². The molecule has 0 bridgehead atoms. The monoisotopic (exact) mass is 414 g/mol. The van der Waals surface area contributed by atoms with Gasteiger partial charge in [0, 0.05) is 31.1 Å². The first-order valence-corrected chi connectivity index (χ1v) is 11.0. The maximum absolute atomic E-state index is 13.5. The molecule has 162 valence electrons. The van der Waals surface area contributed by atoms with Crippen LogP contribution in [0.15, 0.2) is 34.6 Å². The van der Waals surface area contributed by atoms with Crippen molar-refractivity contribution in [2.75, 3.05) is 19.7 Å². The second-order valence-corrected chi connectivity index (χ2v) is 8.48. The Kier molecular flexibility index (Phi) is 5.97. The molecule has 1 aliphatic carbocycles. The molecule has 1 aromatic heterocycles. The number of carbonyl (C=O) groups excluding carboxylic acids is 3. The Morgan fingerprint density at radius 3 is 2.77 bits per heavy atom. The first-order valence-electron chi connectivity index (χ1n) is 11.0. The van der Waals surface area contributed by atoms with E-state index < -0.39 is 11.3 Å². The second kappa shape index (κ2) is 8.66. The fourth-order valence-corrected chi connectivity index (χ4v) is 5.12. The Hall–Kier alpha value is -2.57. The highest BCUT2D eigenvalue weighted by Crippen LogP contribution is 2.51. The molecule has 3 aliphatic rings. The molecule has 2 aliphatic heterocycles. The lowest BCUT2D eigenvalue weighted by Crippen LogP contribution is -2.52. The van der Waals surface area contributed by atoms with Crippen LogP contribution in [0, 0.1) is 11.3 Å². The van der Waals surface area contributed by atoms with Crippen LogP contribution in [-0.4, -0.2) is 47.3 Å². The third-order valence-corrected chi connectivity index (χ3v) is 6.59. The van der Waals surface area contributed by atoms with E-state index in [0.717, 1.165) is 32.4 Å². The molecule has 2 fully saturated rings. The van der Waals surface area contributed by atoms with Crippen LogP contribution in [0.4, 0.5) is 0 Å². The minimum Gasteiger partial charge on any atom is -0.467 e. The molecular formula is C23H30N2O5. The summed E-state index contributed by atoms with van der Waals surface area (Å²) in [5.74, 6) is -0.271. The summed E-state index contributed by atoms with van der Waals surface area (Å²) in [6.07, 6.45) is 8.50. The quantitative estimate of drug-likeness (QED) is 0.668. The molecule has 0 spiro atoms. The first kappa shape index (κ1) is 20.7. The van der Waals surface area contributed by atoms with E-state index in [9.17, 15) is 14.4 Å². The van der Waals surface area contributed by atoms with E-state index >= 15 is 0 Å².